The summed E-state index contributed by atoms with van der Waals surface area (Å²) in [4.78, 5) is 25.7. The standard InChI is InChI=1S/C29H30F2IN3O4/c30-21-8-19(9-22(31)13-21)11-25(27(37)16-33-14-18-2-1-3-23(32)10-18)35-28(38)20-6-7-26(36)24(12-20)29(39)34-15-17-4-5-17/h1-3,6-10,12-13,17,25,27,33,36-37H,4-5,11,14-16H2,(H,34,39)(H,35,38)/t25-,27+/m0/s1. The van der Waals surface area contributed by atoms with Gasteiger partial charge < -0.3 is 26.2 Å². The van der Waals surface area contributed by atoms with Gasteiger partial charge in [0.25, 0.3) is 11.8 Å². The van der Waals surface area contributed by atoms with E-state index in [1.54, 1.807) is 0 Å². The van der Waals surface area contributed by atoms with Gasteiger partial charge in [-0.05, 0) is 101 Å². The number of amides is 2. The van der Waals surface area contributed by atoms with Crippen molar-refractivity contribution in [2.24, 2.45) is 5.92 Å². The Bertz CT molecular complexity index is 1320. The second-order valence-electron chi connectivity index (χ2n) is 9.78. The highest BCUT2D eigenvalue weighted by Crippen LogP contribution is 2.28. The van der Waals surface area contributed by atoms with Gasteiger partial charge in [0.05, 0.1) is 17.7 Å². The highest BCUT2D eigenvalue weighted by Gasteiger charge is 2.25. The Morgan fingerprint density at radius 1 is 0.974 bits per heavy atom. The summed E-state index contributed by atoms with van der Waals surface area (Å²) in [5, 5.41) is 29.8. The number of phenols is 1. The van der Waals surface area contributed by atoms with Gasteiger partial charge in [0.2, 0.25) is 0 Å². The molecule has 0 spiro atoms. The molecule has 10 heteroatoms. The molecule has 206 valence electrons. The molecule has 0 unspecified atom stereocenters. The van der Waals surface area contributed by atoms with Crippen LogP contribution in [0.3, 0.4) is 0 Å². The van der Waals surface area contributed by atoms with Gasteiger partial charge in [0, 0.05) is 34.8 Å². The number of rotatable bonds is 12. The van der Waals surface area contributed by atoms with Crippen molar-refractivity contribution >= 4 is 34.4 Å². The molecule has 2 amide bonds. The number of aliphatic hydroxyl groups is 1. The average molecular weight is 649 g/mol. The molecule has 4 rings (SSSR count). The first-order chi connectivity index (χ1) is 18.7. The number of benzene rings is 3. The molecule has 0 bridgehead atoms. The fourth-order valence-corrected chi connectivity index (χ4v) is 4.79. The lowest BCUT2D eigenvalue weighted by molar-refractivity contribution is 0.0830. The topological polar surface area (TPSA) is 111 Å². The van der Waals surface area contributed by atoms with E-state index in [1.165, 1.54) is 18.2 Å². The normalized spacial score (nSPS) is 14.5. The molecule has 1 saturated carbocycles. The van der Waals surface area contributed by atoms with Crippen LogP contribution in [-0.4, -0.2) is 47.3 Å². The van der Waals surface area contributed by atoms with Gasteiger partial charge in [-0.2, -0.15) is 0 Å². The quantitative estimate of drug-likeness (QED) is 0.191. The first kappa shape index (κ1) is 28.9. The van der Waals surface area contributed by atoms with E-state index in [9.17, 15) is 28.6 Å². The van der Waals surface area contributed by atoms with E-state index >= 15 is 0 Å². The van der Waals surface area contributed by atoms with Gasteiger partial charge in [-0.15, -0.1) is 0 Å². The van der Waals surface area contributed by atoms with E-state index in [0.717, 1.165) is 40.2 Å². The predicted molar refractivity (Wildman–Crippen MR) is 151 cm³/mol. The lowest BCUT2D eigenvalue weighted by Gasteiger charge is -2.25. The Morgan fingerprint density at radius 2 is 1.72 bits per heavy atom. The van der Waals surface area contributed by atoms with Crippen LogP contribution in [0, 0.1) is 21.1 Å². The molecule has 0 aliphatic heterocycles. The van der Waals surface area contributed by atoms with E-state index in [0.29, 0.717) is 19.0 Å². The Kier molecular flexibility index (Phi) is 9.87. The molecule has 3 aromatic rings. The van der Waals surface area contributed by atoms with Crippen LogP contribution in [0.15, 0.2) is 60.7 Å². The maximum atomic E-state index is 13.8. The number of phenolic OH excluding ortho intramolecular Hbond substituents is 1. The van der Waals surface area contributed by atoms with Crippen molar-refractivity contribution in [3.8, 4) is 5.75 Å². The first-order valence-electron chi connectivity index (χ1n) is 12.7. The molecular weight excluding hydrogens is 619 g/mol. The molecule has 2 atom stereocenters. The van der Waals surface area contributed by atoms with Crippen molar-refractivity contribution < 1.29 is 28.6 Å². The zero-order valence-electron chi connectivity index (χ0n) is 21.1. The minimum absolute atomic E-state index is 0.0354. The fourth-order valence-electron chi connectivity index (χ4n) is 4.18. The summed E-state index contributed by atoms with van der Waals surface area (Å²) in [5.74, 6) is -2.43. The summed E-state index contributed by atoms with van der Waals surface area (Å²) < 4.78 is 28.7. The maximum Gasteiger partial charge on any atom is 0.255 e. The van der Waals surface area contributed by atoms with Gasteiger partial charge in [-0.3, -0.25) is 9.59 Å². The maximum absolute atomic E-state index is 13.8. The molecule has 1 aliphatic rings. The van der Waals surface area contributed by atoms with Crippen molar-refractivity contribution in [1.29, 1.82) is 0 Å². The van der Waals surface area contributed by atoms with E-state index in [1.807, 2.05) is 24.3 Å². The number of aromatic hydroxyl groups is 1. The third-order valence-electron chi connectivity index (χ3n) is 6.48. The number of aliphatic hydroxyl groups excluding tert-OH is 1. The highest BCUT2D eigenvalue weighted by atomic mass is 127. The SMILES string of the molecule is O=C(N[C@@H](Cc1cc(F)cc(F)c1)[C@H](O)CNCc1cccc(I)c1)c1ccc(O)c(C(=O)NCC2CC2)c1. The number of carbonyl (C=O) groups is 2. The second kappa shape index (κ2) is 13.3. The summed E-state index contributed by atoms with van der Waals surface area (Å²) >= 11 is 2.21. The van der Waals surface area contributed by atoms with Gasteiger partial charge in [0.1, 0.15) is 17.4 Å². The summed E-state index contributed by atoms with van der Waals surface area (Å²) in [6.45, 7) is 1.07. The van der Waals surface area contributed by atoms with Crippen LogP contribution in [0.2, 0.25) is 0 Å². The fraction of sp³-hybridized carbons (Fsp3) is 0.310. The van der Waals surface area contributed by atoms with Crippen molar-refractivity contribution in [3.05, 3.63) is 98.1 Å². The third kappa shape index (κ3) is 8.70. The molecular formula is C29H30F2IN3O4. The van der Waals surface area contributed by atoms with Gasteiger partial charge >= 0.3 is 0 Å². The number of carbonyl (C=O) groups excluding carboxylic acids is 2. The summed E-state index contributed by atoms with van der Waals surface area (Å²) in [6, 6.07) is 13.9. The number of hydrogen-bond acceptors (Lipinski definition) is 5. The van der Waals surface area contributed by atoms with Crippen molar-refractivity contribution in [2.75, 3.05) is 13.1 Å². The van der Waals surface area contributed by atoms with Crippen molar-refractivity contribution in [1.82, 2.24) is 16.0 Å². The monoisotopic (exact) mass is 649 g/mol. The molecule has 1 aliphatic carbocycles. The van der Waals surface area contributed by atoms with Crippen LogP contribution in [0.5, 0.6) is 5.75 Å². The lowest BCUT2D eigenvalue weighted by Crippen LogP contribution is -2.48. The Morgan fingerprint density at radius 3 is 2.41 bits per heavy atom. The van der Waals surface area contributed by atoms with E-state index in [2.05, 4.69) is 38.5 Å². The van der Waals surface area contributed by atoms with Crippen LogP contribution in [0.1, 0.15) is 44.7 Å². The van der Waals surface area contributed by atoms with Crippen LogP contribution in [0.25, 0.3) is 0 Å². The van der Waals surface area contributed by atoms with Gasteiger partial charge in [-0.25, -0.2) is 8.78 Å². The summed E-state index contributed by atoms with van der Waals surface area (Å²) in [7, 11) is 0. The summed E-state index contributed by atoms with van der Waals surface area (Å²) in [5.41, 5.74) is 1.34. The van der Waals surface area contributed by atoms with Crippen molar-refractivity contribution in [2.45, 2.75) is 38.0 Å². The van der Waals surface area contributed by atoms with Crippen LogP contribution >= 0.6 is 22.6 Å². The Hall–Kier alpha value is -3.09. The van der Waals surface area contributed by atoms with Crippen LogP contribution in [-0.2, 0) is 13.0 Å². The van der Waals surface area contributed by atoms with Gasteiger partial charge in [-0.1, -0.05) is 12.1 Å². The number of hydrogen-bond donors (Lipinski definition) is 5. The zero-order valence-corrected chi connectivity index (χ0v) is 23.3. The minimum atomic E-state index is -1.11. The molecule has 3 aromatic carbocycles. The van der Waals surface area contributed by atoms with Crippen LogP contribution in [0.4, 0.5) is 8.78 Å². The number of nitrogens with one attached hydrogen (secondary N) is 3. The predicted octanol–water partition coefficient (Wildman–Crippen LogP) is 3.91. The average Bonchev–Trinajstić information content (AvgIpc) is 3.71. The Balaban J connectivity index is 1.47. The van der Waals surface area contributed by atoms with Crippen LogP contribution < -0.4 is 16.0 Å². The molecule has 39 heavy (non-hydrogen) atoms. The smallest absolute Gasteiger partial charge is 0.255 e. The van der Waals surface area contributed by atoms with E-state index in [-0.39, 0.29) is 35.4 Å². The molecule has 0 saturated heterocycles. The largest absolute Gasteiger partial charge is 0.507 e. The molecule has 7 nitrogen and oxygen atoms in total. The third-order valence-corrected chi connectivity index (χ3v) is 7.15. The second-order valence-corrected chi connectivity index (χ2v) is 11.0. The lowest BCUT2D eigenvalue weighted by atomic mass is 9.99. The van der Waals surface area contributed by atoms with Crippen molar-refractivity contribution in [3.63, 3.8) is 0 Å². The zero-order chi connectivity index (χ0) is 27.9. The molecule has 5 N–H and O–H groups in total. The van der Waals surface area contributed by atoms with E-state index < -0.39 is 35.6 Å². The molecule has 1 fully saturated rings. The molecule has 0 radical (unpaired) electrons. The van der Waals surface area contributed by atoms with E-state index in [4.69, 9.17) is 0 Å². The van der Waals surface area contributed by atoms with Gasteiger partial charge in [0.15, 0.2) is 0 Å². The summed E-state index contributed by atoms with van der Waals surface area (Å²) in [6.07, 6.45) is 0.945. The Labute approximate surface area is 239 Å². The molecule has 0 heterocycles. The number of halogens is 3. The first-order valence-corrected chi connectivity index (χ1v) is 13.8. The molecule has 0 aromatic heterocycles. The highest BCUT2D eigenvalue weighted by molar-refractivity contribution is 14.1. The minimum Gasteiger partial charge on any atom is -0.507 e.